The summed E-state index contributed by atoms with van der Waals surface area (Å²) >= 11 is 9.48. The molecule has 1 atom stereocenters. The molecule has 0 unspecified atom stereocenters. The molecular weight excluding hydrogens is 566 g/mol. The molecule has 36 heavy (non-hydrogen) atoms. The molecule has 2 aromatic rings. The van der Waals surface area contributed by atoms with E-state index in [2.05, 4.69) is 21.2 Å². The topological polar surface area (TPSA) is 86.8 Å². The summed E-state index contributed by atoms with van der Waals surface area (Å²) in [7, 11) is -3.57. The van der Waals surface area contributed by atoms with Gasteiger partial charge in [-0.25, -0.2) is 8.42 Å². The first-order valence-corrected chi connectivity index (χ1v) is 15.1. The normalized spacial score (nSPS) is 14.9. The fourth-order valence-corrected chi connectivity index (χ4v) is 5.80. The van der Waals surface area contributed by atoms with Crippen LogP contribution in [-0.2, 0) is 26.2 Å². The monoisotopic (exact) mass is 597 g/mol. The van der Waals surface area contributed by atoms with Crippen molar-refractivity contribution in [3.63, 3.8) is 0 Å². The largest absolute Gasteiger partial charge is 0.352 e. The number of halogens is 2. The van der Waals surface area contributed by atoms with Crippen LogP contribution in [0.5, 0.6) is 0 Å². The molecule has 0 aromatic heterocycles. The first-order chi connectivity index (χ1) is 17.0. The Hall–Kier alpha value is -2.10. The molecule has 3 rings (SSSR count). The Balaban J connectivity index is 1.71. The minimum absolute atomic E-state index is 0.101. The van der Waals surface area contributed by atoms with Crippen LogP contribution in [0.3, 0.4) is 0 Å². The van der Waals surface area contributed by atoms with Crippen molar-refractivity contribution in [3.05, 3.63) is 63.6 Å². The van der Waals surface area contributed by atoms with Gasteiger partial charge in [-0.3, -0.25) is 13.9 Å². The van der Waals surface area contributed by atoms with Crippen LogP contribution in [0.2, 0.25) is 5.02 Å². The lowest BCUT2D eigenvalue weighted by atomic mass is 10.1. The molecule has 0 spiro atoms. The van der Waals surface area contributed by atoms with E-state index >= 15 is 0 Å². The second-order valence-electron chi connectivity index (χ2n) is 9.23. The van der Waals surface area contributed by atoms with Gasteiger partial charge in [0, 0.05) is 35.0 Å². The minimum Gasteiger partial charge on any atom is -0.352 e. The predicted molar refractivity (Wildman–Crippen MR) is 147 cm³/mol. The number of carbonyl (C=O) groups is 2. The Bertz CT molecular complexity index is 1150. The third-order valence-corrected chi connectivity index (χ3v) is 8.34. The van der Waals surface area contributed by atoms with E-state index in [0.717, 1.165) is 42.0 Å². The van der Waals surface area contributed by atoms with Crippen LogP contribution < -0.4 is 9.62 Å². The van der Waals surface area contributed by atoms with E-state index in [1.807, 2.05) is 24.3 Å². The number of nitrogens with one attached hydrogen (secondary N) is 1. The second kappa shape index (κ2) is 12.9. The van der Waals surface area contributed by atoms with Crippen molar-refractivity contribution < 1.29 is 18.0 Å². The summed E-state index contributed by atoms with van der Waals surface area (Å²) in [5, 5.41) is 3.52. The molecule has 2 aromatic carbocycles. The maximum absolute atomic E-state index is 13.4. The quantitative estimate of drug-likeness (QED) is 0.389. The Morgan fingerprint density at radius 2 is 1.81 bits per heavy atom. The number of benzene rings is 2. The number of hydrogen-bond donors (Lipinski definition) is 1. The van der Waals surface area contributed by atoms with Crippen molar-refractivity contribution in [2.75, 3.05) is 17.1 Å². The van der Waals surface area contributed by atoms with Gasteiger partial charge in [-0.15, -0.1) is 0 Å². The minimum atomic E-state index is -3.57. The Morgan fingerprint density at radius 1 is 1.14 bits per heavy atom. The van der Waals surface area contributed by atoms with Gasteiger partial charge in [0.2, 0.25) is 21.8 Å². The van der Waals surface area contributed by atoms with Gasteiger partial charge in [0.05, 0.1) is 11.9 Å². The maximum Gasteiger partial charge on any atom is 0.242 e. The fourth-order valence-electron chi connectivity index (χ4n) is 4.40. The number of sulfonamides is 1. The molecule has 1 aliphatic carbocycles. The summed E-state index contributed by atoms with van der Waals surface area (Å²) < 4.78 is 27.0. The molecule has 1 fully saturated rings. The zero-order valence-corrected chi connectivity index (χ0v) is 23.8. The predicted octanol–water partition coefficient (Wildman–Crippen LogP) is 5.12. The molecule has 0 radical (unpaired) electrons. The third-order valence-electron chi connectivity index (χ3n) is 6.38. The summed E-state index contributed by atoms with van der Waals surface area (Å²) in [5.74, 6) is -0.365. The van der Waals surface area contributed by atoms with Crippen molar-refractivity contribution in [2.45, 2.75) is 64.1 Å². The van der Waals surface area contributed by atoms with E-state index in [1.165, 1.54) is 4.31 Å². The second-order valence-corrected chi connectivity index (χ2v) is 12.5. The van der Waals surface area contributed by atoms with E-state index in [0.29, 0.717) is 17.1 Å². The van der Waals surface area contributed by atoms with Crippen LogP contribution in [0.1, 0.15) is 51.0 Å². The average molecular weight is 599 g/mol. The Morgan fingerprint density at radius 3 is 2.42 bits per heavy atom. The molecule has 1 N–H and O–H groups in total. The number of amides is 2. The van der Waals surface area contributed by atoms with Gasteiger partial charge in [0.25, 0.3) is 0 Å². The number of nitrogens with zero attached hydrogens (tertiary/aromatic N) is 2. The van der Waals surface area contributed by atoms with Crippen molar-refractivity contribution >= 4 is 55.1 Å². The molecule has 2 amide bonds. The van der Waals surface area contributed by atoms with Crippen molar-refractivity contribution in [3.8, 4) is 0 Å². The number of hydrogen-bond acceptors (Lipinski definition) is 4. The van der Waals surface area contributed by atoms with Crippen LogP contribution in [-0.4, -0.2) is 50.0 Å². The highest BCUT2D eigenvalue weighted by atomic mass is 79.9. The molecule has 7 nitrogen and oxygen atoms in total. The third kappa shape index (κ3) is 8.21. The molecule has 1 saturated carbocycles. The summed E-state index contributed by atoms with van der Waals surface area (Å²) in [5.41, 5.74) is 1.36. The highest BCUT2D eigenvalue weighted by molar-refractivity contribution is 9.10. The van der Waals surface area contributed by atoms with Crippen molar-refractivity contribution in [2.24, 2.45) is 0 Å². The zero-order valence-electron chi connectivity index (χ0n) is 20.6. The first-order valence-electron chi connectivity index (χ1n) is 12.1. The zero-order chi connectivity index (χ0) is 26.3. The van der Waals surface area contributed by atoms with Gasteiger partial charge in [-0.2, -0.15) is 0 Å². The molecule has 0 aliphatic heterocycles. The molecule has 0 bridgehead atoms. The molecule has 10 heteroatoms. The smallest absolute Gasteiger partial charge is 0.242 e. The Kier molecular flexibility index (Phi) is 10.2. The van der Waals surface area contributed by atoms with Crippen molar-refractivity contribution in [1.82, 2.24) is 10.2 Å². The van der Waals surface area contributed by atoms with Crippen LogP contribution in [0.4, 0.5) is 5.69 Å². The van der Waals surface area contributed by atoms with Gasteiger partial charge < -0.3 is 10.2 Å². The molecule has 196 valence electrons. The molecular formula is C26H33BrClN3O4S. The van der Waals surface area contributed by atoms with Crippen LogP contribution in [0.15, 0.2) is 53.0 Å². The fraction of sp³-hybridized carbons (Fsp3) is 0.462. The summed E-state index contributed by atoms with van der Waals surface area (Å²) in [6, 6.07) is 13.7. The standard InChI is InChI=1S/C26H33BrClN3O4S/c1-19(26(33)29-23-8-3-4-9-23)30(18-20-12-14-21(27)15-13-20)25(32)11-6-16-31(36(2,34)35)24-10-5-7-22(28)17-24/h5,7,10,12-15,17,19,23H,3-4,6,8-9,11,16,18H2,1-2H3,(H,29,33)/t19-/m1/s1. The van der Waals surface area contributed by atoms with Crippen molar-refractivity contribution in [1.29, 1.82) is 0 Å². The first kappa shape index (κ1) is 28.5. The van der Waals surface area contributed by atoms with E-state index in [4.69, 9.17) is 11.6 Å². The van der Waals surface area contributed by atoms with Gasteiger partial charge in [0.15, 0.2) is 0 Å². The molecule has 0 heterocycles. The SMILES string of the molecule is C[C@H](C(=O)NC1CCCC1)N(Cc1ccc(Br)cc1)C(=O)CCCN(c1cccc(Cl)c1)S(C)(=O)=O. The van der Waals surface area contributed by atoms with Crippen LogP contribution in [0, 0.1) is 0 Å². The summed E-state index contributed by atoms with van der Waals surface area (Å²) in [4.78, 5) is 28.0. The van der Waals surface area contributed by atoms with Crippen LogP contribution in [0.25, 0.3) is 0 Å². The highest BCUT2D eigenvalue weighted by Gasteiger charge is 2.28. The average Bonchev–Trinajstić information content (AvgIpc) is 3.33. The molecule has 1 aliphatic rings. The number of rotatable bonds is 11. The van der Waals surface area contributed by atoms with Crippen LogP contribution >= 0.6 is 27.5 Å². The maximum atomic E-state index is 13.4. The lowest BCUT2D eigenvalue weighted by Crippen LogP contribution is -2.49. The lowest BCUT2D eigenvalue weighted by molar-refractivity contribution is -0.141. The van der Waals surface area contributed by atoms with Gasteiger partial charge in [0.1, 0.15) is 6.04 Å². The van der Waals surface area contributed by atoms with E-state index in [-0.39, 0.29) is 37.4 Å². The van der Waals surface area contributed by atoms with Gasteiger partial charge in [-0.05, 0) is 62.1 Å². The van der Waals surface area contributed by atoms with E-state index in [9.17, 15) is 18.0 Å². The van der Waals surface area contributed by atoms with E-state index in [1.54, 1.807) is 36.1 Å². The van der Waals surface area contributed by atoms with Gasteiger partial charge >= 0.3 is 0 Å². The van der Waals surface area contributed by atoms with E-state index < -0.39 is 16.1 Å². The molecule has 0 saturated heterocycles. The number of anilines is 1. The lowest BCUT2D eigenvalue weighted by Gasteiger charge is -2.30. The highest BCUT2D eigenvalue weighted by Crippen LogP contribution is 2.23. The number of carbonyl (C=O) groups excluding carboxylic acids is 2. The summed E-state index contributed by atoms with van der Waals surface area (Å²) in [6.45, 7) is 2.16. The summed E-state index contributed by atoms with van der Waals surface area (Å²) in [6.07, 6.45) is 5.66. The Labute approximate surface area is 227 Å². The van der Waals surface area contributed by atoms with Gasteiger partial charge in [-0.1, -0.05) is 58.6 Å².